The number of halogens is 2. The van der Waals surface area contributed by atoms with E-state index in [4.69, 9.17) is 4.74 Å². The zero-order valence-corrected chi connectivity index (χ0v) is 11.7. The summed E-state index contributed by atoms with van der Waals surface area (Å²) in [6.07, 6.45) is 1.90. The van der Waals surface area contributed by atoms with Gasteiger partial charge < -0.3 is 4.74 Å². The first kappa shape index (κ1) is 14.5. The Kier molecular flexibility index (Phi) is 4.72. The van der Waals surface area contributed by atoms with Crippen LogP contribution in [-0.4, -0.2) is 6.61 Å². The van der Waals surface area contributed by atoms with Crippen LogP contribution in [0.2, 0.25) is 0 Å². The fraction of sp³-hybridized carbons (Fsp3) is 0.294. The molecule has 1 nitrogen and oxygen atoms in total. The first-order chi connectivity index (χ1) is 9.61. The van der Waals surface area contributed by atoms with Crippen molar-refractivity contribution in [2.24, 2.45) is 0 Å². The lowest BCUT2D eigenvalue weighted by Gasteiger charge is -2.09. The predicted molar refractivity (Wildman–Crippen MR) is 76.9 cm³/mol. The molecule has 2 rings (SSSR count). The van der Waals surface area contributed by atoms with Gasteiger partial charge in [0, 0.05) is 0 Å². The van der Waals surface area contributed by atoms with Crippen LogP contribution in [0.15, 0.2) is 36.4 Å². The van der Waals surface area contributed by atoms with Crippen LogP contribution in [0.4, 0.5) is 8.78 Å². The molecule has 0 radical (unpaired) electrons. The molecule has 0 saturated carbocycles. The Labute approximate surface area is 118 Å². The number of unbranched alkanes of at least 4 members (excludes halogenated alkanes) is 1. The summed E-state index contributed by atoms with van der Waals surface area (Å²) in [6.45, 7) is 4.26. The molecule has 0 atom stereocenters. The van der Waals surface area contributed by atoms with Gasteiger partial charge in [-0.2, -0.15) is 0 Å². The number of aryl methyl sites for hydroxylation is 1. The summed E-state index contributed by atoms with van der Waals surface area (Å²) in [7, 11) is 0. The molecule has 0 aromatic heterocycles. The number of rotatable bonds is 5. The van der Waals surface area contributed by atoms with Crippen molar-refractivity contribution in [2.75, 3.05) is 6.61 Å². The summed E-state index contributed by atoms with van der Waals surface area (Å²) in [5, 5.41) is 0. The van der Waals surface area contributed by atoms with Gasteiger partial charge in [-0.15, -0.1) is 0 Å². The second-order valence-electron chi connectivity index (χ2n) is 4.81. The highest BCUT2D eigenvalue weighted by molar-refractivity contribution is 5.64. The molecule has 0 heterocycles. The molecule has 0 saturated heterocycles. The Morgan fingerprint density at radius 3 is 2.20 bits per heavy atom. The van der Waals surface area contributed by atoms with E-state index in [1.165, 1.54) is 12.1 Å². The summed E-state index contributed by atoms with van der Waals surface area (Å²) in [4.78, 5) is 0. The maximum atomic E-state index is 13.9. The van der Waals surface area contributed by atoms with Crippen molar-refractivity contribution in [2.45, 2.75) is 26.7 Å². The molecule has 2 aromatic carbocycles. The summed E-state index contributed by atoms with van der Waals surface area (Å²) < 4.78 is 32.8. The van der Waals surface area contributed by atoms with Gasteiger partial charge in [0.25, 0.3) is 0 Å². The molecular formula is C17H18F2O. The van der Waals surface area contributed by atoms with Crippen LogP contribution >= 0.6 is 0 Å². The van der Waals surface area contributed by atoms with Crippen LogP contribution in [0.1, 0.15) is 25.3 Å². The van der Waals surface area contributed by atoms with E-state index >= 15 is 0 Å². The number of ether oxygens (including phenoxy) is 1. The van der Waals surface area contributed by atoms with Gasteiger partial charge >= 0.3 is 0 Å². The minimum absolute atomic E-state index is 0.245. The van der Waals surface area contributed by atoms with Crippen LogP contribution in [-0.2, 0) is 0 Å². The number of hydrogen-bond acceptors (Lipinski definition) is 1. The van der Waals surface area contributed by atoms with E-state index in [1.54, 1.807) is 31.2 Å². The summed E-state index contributed by atoms with van der Waals surface area (Å²) >= 11 is 0. The van der Waals surface area contributed by atoms with Crippen LogP contribution in [0.5, 0.6) is 5.75 Å². The van der Waals surface area contributed by atoms with E-state index in [2.05, 4.69) is 6.92 Å². The first-order valence-corrected chi connectivity index (χ1v) is 6.80. The van der Waals surface area contributed by atoms with Crippen molar-refractivity contribution < 1.29 is 13.5 Å². The Hall–Kier alpha value is -1.90. The fourth-order valence-electron chi connectivity index (χ4n) is 1.90. The first-order valence-electron chi connectivity index (χ1n) is 6.80. The molecule has 0 fully saturated rings. The standard InChI is InChI=1S/C17H18F2O/c1-3-4-9-20-17-8-7-14(11-16(17)19)13-6-5-12(2)15(18)10-13/h5-8,10-11H,3-4,9H2,1-2H3. The molecule has 0 bridgehead atoms. The van der Waals surface area contributed by atoms with Crippen LogP contribution in [0.25, 0.3) is 11.1 Å². The fourth-order valence-corrected chi connectivity index (χ4v) is 1.90. The highest BCUT2D eigenvalue weighted by Gasteiger charge is 2.07. The van der Waals surface area contributed by atoms with Crippen molar-refractivity contribution >= 4 is 0 Å². The van der Waals surface area contributed by atoms with Crippen molar-refractivity contribution in [3.05, 3.63) is 53.6 Å². The number of benzene rings is 2. The monoisotopic (exact) mass is 276 g/mol. The Morgan fingerprint density at radius 2 is 1.60 bits per heavy atom. The van der Waals surface area contributed by atoms with Gasteiger partial charge in [0.15, 0.2) is 11.6 Å². The van der Waals surface area contributed by atoms with Gasteiger partial charge in [0.05, 0.1) is 6.61 Å². The van der Waals surface area contributed by atoms with Crippen LogP contribution in [0.3, 0.4) is 0 Å². The Bertz CT molecular complexity index is 594. The molecule has 0 aliphatic carbocycles. The average Bonchev–Trinajstić information content (AvgIpc) is 2.44. The molecule has 0 aliphatic rings. The van der Waals surface area contributed by atoms with E-state index in [-0.39, 0.29) is 11.6 Å². The molecule has 20 heavy (non-hydrogen) atoms. The molecule has 3 heteroatoms. The summed E-state index contributed by atoms with van der Waals surface area (Å²) in [5.74, 6) is -0.458. The predicted octanol–water partition coefficient (Wildman–Crippen LogP) is 5.12. The third-order valence-electron chi connectivity index (χ3n) is 3.19. The van der Waals surface area contributed by atoms with E-state index in [0.717, 1.165) is 12.8 Å². The topological polar surface area (TPSA) is 9.23 Å². The summed E-state index contributed by atoms with van der Waals surface area (Å²) in [6, 6.07) is 9.61. The second-order valence-corrected chi connectivity index (χ2v) is 4.81. The number of hydrogen-bond donors (Lipinski definition) is 0. The van der Waals surface area contributed by atoms with E-state index < -0.39 is 5.82 Å². The van der Waals surface area contributed by atoms with E-state index in [0.29, 0.717) is 23.3 Å². The highest BCUT2D eigenvalue weighted by Crippen LogP contribution is 2.27. The molecule has 0 spiro atoms. The lowest BCUT2D eigenvalue weighted by atomic mass is 10.0. The lowest BCUT2D eigenvalue weighted by Crippen LogP contribution is -1.98. The van der Waals surface area contributed by atoms with Gasteiger partial charge in [-0.25, -0.2) is 8.78 Å². The van der Waals surface area contributed by atoms with Crippen LogP contribution < -0.4 is 4.74 Å². The zero-order chi connectivity index (χ0) is 14.5. The third kappa shape index (κ3) is 3.35. The molecule has 0 N–H and O–H groups in total. The normalized spacial score (nSPS) is 10.6. The minimum atomic E-state index is -0.417. The van der Waals surface area contributed by atoms with E-state index in [9.17, 15) is 8.78 Å². The minimum Gasteiger partial charge on any atom is -0.491 e. The lowest BCUT2D eigenvalue weighted by molar-refractivity contribution is 0.294. The van der Waals surface area contributed by atoms with Crippen molar-refractivity contribution in [3.63, 3.8) is 0 Å². The molecule has 0 unspecified atom stereocenters. The van der Waals surface area contributed by atoms with Gasteiger partial charge in [0.1, 0.15) is 5.82 Å². The average molecular weight is 276 g/mol. The smallest absolute Gasteiger partial charge is 0.165 e. The van der Waals surface area contributed by atoms with Crippen molar-refractivity contribution in [1.29, 1.82) is 0 Å². The van der Waals surface area contributed by atoms with Crippen molar-refractivity contribution in [3.8, 4) is 16.9 Å². The van der Waals surface area contributed by atoms with Crippen LogP contribution in [0, 0.1) is 18.6 Å². The molecular weight excluding hydrogens is 258 g/mol. The molecule has 0 aliphatic heterocycles. The SMILES string of the molecule is CCCCOc1ccc(-c2ccc(C)c(F)c2)cc1F. The third-order valence-corrected chi connectivity index (χ3v) is 3.19. The highest BCUT2D eigenvalue weighted by atomic mass is 19.1. The zero-order valence-electron chi connectivity index (χ0n) is 11.7. The second kappa shape index (κ2) is 6.51. The molecule has 0 amide bonds. The summed E-state index contributed by atoms with van der Waals surface area (Å²) in [5.41, 5.74) is 1.88. The Balaban J connectivity index is 2.21. The maximum absolute atomic E-state index is 13.9. The molecule has 2 aromatic rings. The van der Waals surface area contributed by atoms with Gasteiger partial charge in [-0.3, -0.25) is 0 Å². The van der Waals surface area contributed by atoms with Crippen molar-refractivity contribution in [1.82, 2.24) is 0 Å². The quantitative estimate of drug-likeness (QED) is 0.689. The van der Waals surface area contributed by atoms with E-state index in [1.807, 2.05) is 0 Å². The van der Waals surface area contributed by atoms with Gasteiger partial charge in [-0.05, 0) is 48.2 Å². The van der Waals surface area contributed by atoms with Gasteiger partial charge in [-0.1, -0.05) is 31.5 Å². The largest absolute Gasteiger partial charge is 0.491 e. The molecule has 106 valence electrons. The van der Waals surface area contributed by atoms with Gasteiger partial charge in [0.2, 0.25) is 0 Å². The Morgan fingerprint density at radius 1 is 0.950 bits per heavy atom. The maximum Gasteiger partial charge on any atom is 0.165 e.